The molecule has 6 fully saturated rings. The van der Waals surface area contributed by atoms with Gasteiger partial charge in [0.15, 0.2) is 0 Å². The summed E-state index contributed by atoms with van der Waals surface area (Å²) in [5.74, 6) is 1.58. The van der Waals surface area contributed by atoms with Crippen LogP contribution in [0.2, 0.25) is 0 Å². The fourth-order valence-corrected chi connectivity index (χ4v) is 10.4. The summed E-state index contributed by atoms with van der Waals surface area (Å²) < 4.78 is 12.0. The number of rotatable bonds is 3. The molecule has 5 saturated carbocycles. The third kappa shape index (κ3) is 1.73. The number of piperidine rings is 1. The number of hydrogen-bond donors (Lipinski definition) is 2. The zero-order chi connectivity index (χ0) is 19.6. The van der Waals surface area contributed by atoms with E-state index in [-0.39, 0.29) is 41.0 Å². The molecule has 0 aromatic heterocycles. The van der Waals surface area contributed by atoms with Crippen molar-refractivity contribution in [3.63, 3.8) is 0 Å². The molecular weight excluding hydrogens is 354 g/mol. The Morgan fingerprint density at radius 3 is 2.61 bits per heavy atom. The fraction of sp³-hybridized carbons (Fsp3) is 1.00. The van der Waals surface area contributed by atoms with Crippen molar-refractivity contribution in [1.29, 1.82) is 0 Å². The Labute approximate surface area is 168 Å². The molecule has 1 heterocycles. The van der Waals surface area contributed by atoms with Crippen molar-refractivity contribution in [1.82, 2.24) is 4.90 Å². The lowest BCUT2D eigenvalue weighted by molar-refractivity contribution is -0.268. The molecule has 2 unspecified atom stereocenters. The van der Waals surface area contributed by atoms with Crippen LogP contribution in [0.1, 0.15) is 46.0 Å². The summed E-state index contributed by atoms with van der Waals surface area (Å²) >= 11 is 0. The lowest BCUT2D eigenvalue weighted by Crippen LogP contribution is -2.75. The summed E-state index contributed by atoms with van der Waals surface area (Å²) in [4.78, 5) is 2.65. The Bertz CT molecular complexity index is 688. The van der Waals surface area contributed by atoms with Crippen LogP contribution in [0.15, 0.2) is 0 Å². The molecule has 2 N–H and O–H groups in total. The van der Waals surface area contributed by atoms with Crippen LogP contribution in [-0.2, 0) is 9.47 Å². The minimum atomic E-state index is -0.731. The number of methoxy groups -OCH3 is 2. The number of aliphatic hydroxyl groups is 2. The van der Waals surface area contributed by atoms with Crippen LogP contribution in [-0.4, -0.2) is 72.4 Å². The Morgan fingerprint density at radius 2 is 1.93 bits per heavy atom. The maximum Gasteiger partial charge on any atom is 0.0771 e. The predicted octanol–water partition coefficient (Wildman–Crippen LogP) is 1.90. The van der Waals surface area contributed by atoms with E-state index in [1.807, 2.05) is 7.11 Å². The highest BCUT2D eigenvalue weighted by Crippen LogP contribution is 2.78. The molecule has 6 rings (SSSR count). The van der Waals surface area contributed by atoms with Crippen molar-refractivity contribution in [2.24, 2.45) is 40.4 Å². The van der Waals surface area contributed by atoms with Gasteiger partial charge in [0, 0.05) is 56.4 Å². The molecule has 0 aromatic rings. The Balaban J connectivity index is 1.59. The molecule has 158 valence electrons. The van der Waals surface area contributed by atoms with Crippen LogP contribution in [0.4, 0.5) is 0 Å². The fourth-order valence-electron chi connectivity index (χ4n) is 10.4. The van der Waals surface area contributed by atoms with E-state index in [2.05, 4.69) is 18.7 Å². The van der Waals surface area contributed by atoms with Gasteiger partial charge in [-0.05, 0) is 49.5 Å². The van der Waals surface area contributed by atoms with Crippen molar-refractivity contribution < 1.29 is 19.7 Å². The molecule has 5 aliphatic carbocycles. The maximum absolute atomic E-state index is 12.4. The van der Waals surface area contributed by atoms with Gasteiger partial charge in [-0.3, -0.25) is 4.90 Å². The molecule has 6 aliphatic rings. The zero-order valence-corrected chi connectivity index (χ0v) is 17.8. The van der Waals surface area contributed by atoms with E-state index in [0.717, 1.165) is 45.2 Å². The van der Waals surface area contributed by atoms with E-state index in [0.29, 0.717) is 23.8 Å². The first-order chi connectivity index (χ1) is 13.4. The van der Waals surface area contributed by atoms with Gasteiger partial charge in [-0.25, -0.2) is 0 Å². The van der Waals surface area contributed by atoms with Crippen LogP contribution in [0, 0.1) is 40.4 Å². The van der Waals surface area contributed by atoms with Gasteiger partial charge in [0.25, 0.3) is 0 Å². The second-order valence-electron chi connectivity index (χ2n) is 11.3. The highest BCUT2D eigenvalue weighted by molar-refractivity contribution is 5.32. The molecule has 5 heteroatoms. The van der Waals surface area contributed by atoms with Gasteiger partial charge in [0.05, 0.1) is 23.9 Å². The molecule has 28 heavy (non-hydrogen) atoms. The Morgan fingerprint density at radius 1 is 1.14 bits per heavy atom. The molecule has 0 aromatic carbocycles. The van der Waals surface area contributed by atoms with Gasteiger partial charge in [0.2, 0.25) is 0 Å². The van der Waals surface area contributed by atoms with E-state index in [9.17, 15) is 10.2 Å². The van der Waals surface area contributed by atoms with Gasteiger partial charge < -0.3 is 19.7 Å². The molecule has 0 amide bonds. The van der Waals surface area contributed by atoms with E-state index < -0.39 is 5.60 Å². The highest BCUT2D eigenvalue weighted by Gasteiger charge is 2.83. The maximum atomic E-state index is 12.4. The molecular formula is C23H37NO4. The van der Waals surface area contributed by atoms with Gasteiger partial charge in [-0.2, -0.15) is 0 Å². The molecule has 1 aliphatic heterocycles. The quantitative estimate of drug-likeness (QED) is 0.770. The molecule has 1 spiro atoms. The summed E-state index contributed by atoms with van der Waals surface area (Å²) in [7, 11) is 3.61. The summed E-state index contributed by atoms with van der Waals surface area (Å²) in [6.45, 7) is 6.88. The van der Waals surface area contributed by atoms with Crippen LogP contribution >= 0.6 is 0 Å². The lowest BCUT2D eigenvalue weighted by Gasteiger charge is -2.68. The third-order valence-electron chi connectivity index (χ3n) is 10.9. The van der Waals surface area contributed by atoms with E-state index in [1.165, 1.54) is 0 Å². The SMILES string of the molecule is CCN1C[C@]2(C)CC[C@H](O)[C@]34C1[C@H](C[C@H]23)[C@@]1(O)C[C@H](OC)[C@H]2C[C@@H]4C1[C@H]2OC. The second kappa shape index (κ2) is 5.53. The number of fused-ring (bicyclic) bond motifs is 2. The number of aliphatic hydroxyl groups excluding tert-OH is 1. The van der Waals surface area contributed by atoms with Crippen LogP contribution in [0.3, 0.4) is 0 Å². The van der Waals surface area contributed by atoms with Crippen molar-refractivity contribution in [2.45, 2.75) is 75.9 Å². The van der Waals surface area contributed by atoms with Gasteiger partial charge >= 0.3 is 0 Å². The third-order valence-corrected chi connectivity index (χ3v) is 10.9. The Kier molecular flexibility index (Phi) is 3.67. The summed E-state index contributed by atoms with van der Waals surface area (Å²) in [5, 5.41) is 24.0. The Hall–Kier alpha value is -0.200. The van der Waals surface area contributed by atoms with Crippen LogP contribution in [0.25, 0.3) is 0 Å². The van der Waals surface area contributed by atoms with Crippen molar-refractivity contribution >= 4 is 0 Å². The van der Waals surface area contributed by atoms with Gasteiger partial charge in [0.1, 0.15) is 0 Å². The normalized spacial score (nSPS) is 64.3. The molecule has 1 saturated heterocycles. The minimum Gasteiger partial charge on any atom is -0.392 e. The first-order valence-electron chi connectivity index (χ1n) is 11.6. The topological polar surface area (TPSA) is 62.2 Å². The number of likely N-dealkylation sites (tertiary alicyclic amines) is 1. The minimum absolute atomic E-state index is 0.0580. The number of nitrogens with zero attached hydrogens (tertiary/aromatic N) is 1. The standard InChI is InChI=1S/C23H37NO4/c1-5-24-11-21(2)7-6-17(25)23-13-8-12-15(27-3)10-22(26,18(13)19(12)28-4)14(20(23)24)9-16(21)23/h12-20,25-26H,5-11H2,1-4H3/t12-,13-,14+,15+,16-,17+,18?,19+,20?,21+,22+,23-/m1/s1. The average molecular weight is 392 g/mol. The first kappa shape index (κ1) is 18.6. The highest BCUT2D eigenvalue weighted by atomic mass is 16.5. The van der Waals surface area contributed by atoms with Gasteiger partial charge in [-0.15, -0.1) is 0 Å². The smallest absolute Gasteiger partial charge is 0.0771 e. The lowest BCUT2D eigenvalue weighted by atomic mass is 9.43. The predicted molar refractivity (Wildman–Crippen MR) is 105 cm³/mol. The van der Waals surface area contributed by atoms with Crippen molar-refractivity contribution in [2.75, 3.05) is 27.3 Å². The van der Waals surface area contributed by atoms with Crippen molar-refractivity contribution in [3.8, 4) is 0 Å². The van der Waals surface area contributed by atoms with Crippen molar-refractivity contribution in [3.05, 3.63) is 0 Å². The monoisotopic (exact) mass is 391 g/mol. The van der Waals surface area contributed by atoms with Crippen LogP contribution in [0.5, 0.6) is 0 Å². The molecule has 0 radical (unpaired) electrons. The largest absolute Gasteiger partial charge is 0.392 e. The molecule has 5 nitrogen and oxygen atoms in total. The second-order valence-corrected chi connectivity index (χ2v) is 11.3. The van der Waals surface area contributed by atoms with E-state index in [4.69, 9.17) is 9.47 Å². The first-order valence-corrected chi connectivity index (χ1v) is 11.6. The van der Waals surface area contributed by atoms with E-state index >= 15 is 0 Å². The summed E-state index contributed by atoms with van der Waals surface area (Å²) in [6, 6.07) is 0.309. The molecule has 7 bridgehead atoms. The zero-order valence-electron chi connectivity index (χ0n) is 17.8. The molecule has 12 atom stereocenters. The van der Waals surface area contributed by atoms with Gasteiger partial charge in [-0.1, -0.05) is 13.8 Å². The summed E-state index contributed by atoms with van der Waals surface area (Å²) in [5.41, 5.74) is -0.543. The average Bonchev–Trinajstić information content (AvgIpc) is 3.16. The number of ether oxygens (including phenoxy) is 2. The van der Waals surface area contributed by atoms with E-state index in [1.54, 1.807) is 7.11 Å². The van der Waals surface area contributed by atoms with Crippen LogP contribution < -0.4 is 0 Å². The number of hydrogen-bond acceptors (Lipinski definition) is 5. The summed E-state index contributed by atoms with van der Waals surface area (Å²) in [6.07, 6.45) is 4.75.